The van der Waals surface area contributed by atoms with Crippen LogP contribution in [0.1, 0.15) is 46.9 Å². The fourth-order valence-corrected chi connectivity index (χ4v) is 3.75. The summed E-state index contributed by atoms with van der Waals surface area (Å²) in [5, 5.41) is 15.3. The van der Waals surface area contributed by atoms with E-state index in [1.807, 2.05) is 30.3 Å². The molecule has 8 heteroatoms. The lowest BCUT2D eigenvalue weighted by Gasteiger charge is -2.34. The number of hydrogen-bond acceptors (Lipinski definition) is 7. The highest BCUT2D eigenvalue weighted by Gasteiger charge is 2.37. The van der Waals surface area contributed by atoms with E-state index in [4.69, 9.17) is 8.94 Å². The van der Waals surface area contributed by atoms with Gasteiger partial charge in [0.1, 0.15) is 0 Å². The van der Waals surface area contributed by atoms with Gasteiger partial charge in [0.15, 0.2) is 11.5 Å². The van der Waals surface area contributed by atoms with Gasteiger partial charge in [0, 0.05) is 36.7 Å². The molecule has 5 rings (SSSR count). The van der Waals surface area contributed by atoms with Crippen LogP contribution < -0.4 is 5.32 Å². The van der Waals surface area contributed by atoms with Crippen LogP contribution in [0.3, 0.4) is 0 Å². The molecule has 0 unspecified atom stereocenters. The van der Waals surface area contributed by atoms with Crippen LogP contribution in [0.25, 0.3) is 11.3 Å². The number of benzene rings is 1. The summed E-state index contributed by atoms with van der Waals surface area (Å²) >= 11 is 0. The molecular formula is C20H21N5O3. The topological polar surface area (TPSA) is 97.3 Å². The Morgan fingerprint density at radius 2 is 1.82 bits per heavy atom. The van der Waals surface area contributed by atoms with Crippen LogP contribution in [0, 0.1) is 0 Å². The maximum Gasteiger partial charge on any atom is 0.273 e. The lowest BCUT2D eigenvalue weighted by atomic mass is 9.80. The predicted octanol–water partition coefficient (Wildman–Crippen LogP) is 2.43. The number of carbonyl (C=O) groups is 1. The van der Waals surface area contributed by atoms with Crippen LogP contribution in [0.4, 0.5) is 0 Å². The predicted molar refractivity (Wildman–Crippen MR) is 99.7 cm³/mol. The SMILES string of the molecule is CN1CC(c2nnc([C@H]3C[C@@H](NC(=O)c4cc(-c5ccccc5)on4)C3)o2)C1. The summed E-state index contributed by atoms with van der Waals surface area (Å²) in [6, 6.07) is 11.3. The highest BCUT2D eigenvalue weighted by Crippen LogP contribution is 2.37. The molecule has 0 atom stereocenters. The summed E-state index contributed by atoms with van der Waals surface area (Å²) < 4.78 is 11.1. The first kappa shape index (κ1) is 17.1. The highest BCUT2D eigenvalue weighted by atomic mass is 16.5. The zero-order valence-corrected chi connectivity index (χ0v) is 15.5. The second-order valence-corrected chi connectivity index (χ2v) is 7.68. The number of likely N-dealkylation sites (tertiary alicyclic amines) is 1. The molecule has 3 heterocycles. The maximum absolute atomic E-state index is 12.4. The zero-order valence-electron chi connectivity index (χ0n) is 15.5. The van der Waals surface area contributed by atoms with Crippen molar-refractivity contribution in [1.82, 2.24) is 25.6 Å². The molecule has 1 saturated carbocycles. The first-order chi connectivity index (χ1) is 13.7. The van der Waals surface area contributed by atoms with Gasteiger partial charge in [0.2, 0.25) is 11.8 Å². The van der Waals surface area contributed by atoms with Crippen molar-refractivity contribution in [3.05, 3.63) is 53.9 Å². The number of nitrogens with zero attached hydrogens (tertiary/aromatic N) is 4. The van der Waals surface area contributed by atoms with E-state index in [1.54, 1.807) is 6.07 Å². The summed E-state index contributed by atoms with van der Waals surface area (Å²) in [5.41, 5.74) is 1.18. The van der Waals surface area contributed by atoms with Crippen LogP contribution in [0.2, 0.25) is 0 Å². The van der Waals surface area contributed by atoms with Gasteiger partial charge in [0.25, 0.3) is 5.91 Å². The fraction of sp³-hybridized carbons (Fsp3) is 0.400. The third-order valence-electron chi connectivity index (χ3n) is 5.49. The maximum atomic E-state index is 12.4. The van der Waals surface area contributed by atoms with E-state index >= 15 is 0 Å². The Labute approximate surface area is 161 Å². The Bertz CT molecular complexity index is 971. The molecule has 3 aromatic rings. The van der Waals surface area contributed by atoms with Crippen molar-refractivity contribution in [2.75, 3.05) is 20.1 Å². The van der Waals surface area contributed by atoms with Crippen LogP contribution in [0.5, 0.6) is 0 Å². The Morgan fingerprint density at radius 1 is 1.11 bits per heavy atom. The molecule has 2 fully saturated rings. The third kappa shape index (κ3) is 3.20. The molecule has 144 valence electrons. The lowest BCUT2D eigenvalue weighted by Crippen LogP contribution is -2.43. The van der Waals surface area contributed by atoms with Gasteiger partial charge in [-0.25, -0.2) is 0 Å². The first-order valence-electron chi connectivity index (χ1n) is 9.50. The van der Waals surface area contributed by atoms with Gasteiger partial charge in [-0.2, -0.15) is 0 Å². The third-order valence-corrected chi connectivity index (χ3v) is 5.49. The molecule has 2 aliphatic rings. The summed E-state index contributed by atoms with van der Waals surface area (Å²) in [4.78, 5) is 14.6. The fourth-order valence-electron chi connectivity index (χ4n) is 3.75. The minimum absolute atomic E-state index is 0.0829. The number of carbonyl (C=O) groups excluding carboxylic acids is 1. The van der Waals surface area contributed by atoms with Crippen molar-refractivity contribution < 1.29 is 13.7 Å². The number of rotatable bonds is 5. The van der Waals surface area contributed by atoms with E-state index in [1.165, 1.54) is 0 Å². The Kier molecular flexibility index (Phi) is 4.20. The molecule has 8 nitrogen and oxygen atoms in total. The summed E-state index contributed by atoms with van der Waals surface area (Å²) in [6.07, 6.45) is 1.59. The number of aromatic nitrogens is 3. The Hall–Kier alpha value is -3.00. The van der Waals surface area contributed by atoms with Gasteiger partial charge in [0.05, 0.1) is 5.92 Å². The first-order valence-corrected chi connectivity index (χ1v) is 9.50. The quantitative estimate of drug-likeness (QED) is 0.727. The molecule has 0 spiro atoms. The van der Waals surface area contributed by atoms with Gasteiger partial charge >= 0.3 is 0 Å². The molecule has 1 saturated heterocycles. The lowest BCUT2D eigenvalue weighted by molar-refractivity contribution is 0.0893. The van der Waals surface area contributed by atoms with Crippen molar-refractivity contribution in [2.24, 2.45) is 0 Å². The van der Waals surface area contributed by atoms with Gasteiger partial charge in [-0.3, -0.25) is 4.79 Å². The summed E-state index contributed by atoms with van der Waals surface area (Å²) in [7, 11) is 2.07. The van der Waals surface area contributed by atoms with Crippen molar-refractivity contribution in [1.29, 1.82) is 0 Å². The molecule has 1 aromatic carbocycles. The number of amides is 1. The average molecular weight is 379 g/mol. The minimum Gasteiger partial charge on any atom is -0.425 e. The van der Waals surface area contributed by atoms with E-state index in [0.29, 0.717) is 17.6 Å². The zero-order chi connectivity index (χ0) is 19.1. The van der Waals surface area contributed by atoms with E-state index in [0.717, 1.165) is 37.4 Å². The van der Waals surface area contributed by atoms with E-state index < -0.39 is 0 Å². The van der Waals surface area contributed by atoms with Crippen LogP contribution >= 0.6 is 0 Å². The summed E-state index contributed by atoms with van der Waals surface area (Å²) in [6.45, 7) is 1.93. The molecule has 28 heavy (non-hydrogen) atoms. The number of nitrogens with one attached hydrogen (secondary N) is 1. The van der Waals surface area contributed by atoms with Crippen molar-refractivity contribution in [3.8, 4) is 11.3 Å². The highest BCUT2D eigenvalue weighted by molar-refractivity contribution is 5.93. The molecule has 0 radical (unpaired) electrons. The van der Waals surface area contributed by atoms with E-state index in [2.05, 4.69) is 32.6 Å². The smallest absolute Gasteiger partial charge is 0.273 e. The van der Waals surface area contributed by atoms with Gasteiger partial charge in [-0.15, -0.1) is 10.2 Å². The molecule has 1 aliphatic heterocycles. The van der Waals surface area contributed by atoms with E-state index in [-0.39, 0.29) is 23.6 Å². The Balaban J connectivity index is 1.15. The van der Waals surface area contributed by atoms with Crippen molar-refractivity contribution in [3.63, 3.8) is 0 Å². The molecule has 1 amide bonds. The minimum atomic E-state index is -0.224. The second-order valence-electron chi connectivity index (χ2n) is 7.68. The Morgan fingerprint density at radius 3 is 2.54 bits per heavy atom. The summed E-state index contributed by atoms with van der Waals surface area (Å²) in [5.74, 6) is 2.34. The van der Waals surface area contributed by atoms with Crippen molar-refractivity contribution >= 4 is 5.91 Å². The monoisotopic (exact) mass is 379 g/mol. The second kappa shape index (κ2) is 6.87. The van der Waals surface area contributed by atoms with Gasteiger partial charge < -0.3 is 19.2 Å². The van der Waals surface area contributed by atoms with Gasteiger partial charge in [-0.1, -0.05) is 35.5 Å². The van der Waals surface area contributed by atoms with Crippen LogP contribution in [-0.2, 0) is 0 Å². The number of likely N-dealkylation sites (N-methyl/N-ethyl adjacent to an activating group) is 1. The molecule has 2 aromatic heterocycles. The largest absolute Gasteiger partial charge is 0.425 e. The normalized spacial score (nSPS) is 22.5. The standard InChI is InChI=1S/C20H21N5O3/c1-25-10-14(11-25)20-23-22-19(27-20)13-7-15(8-13)21-18(26)16-9-17(28-24-16)12-5-3-2-4-6-12/h2-6,9,13-15H,7-8,10-11H2,1H3,(H,21,26)/t13-,15+. The van der Waals surface area contributed by atoms with Gasteiger partial charge in [-0.05, 0) is 19.9 Å². The molecular weight excluding hydrogens is 358 g/mol. The van der Waals surface area contributed by atoms with Crippen LogP contribution in [0.15, 0.2) is 45.3 Å². The van der Waals surface area contributed by atoms with E-state index in [9.17, 15) is 4.79 Å². The molecule has 0 bridgehead atoms. The average Bonchev–Trinajstić information content (AvgIpc) is 3.32. The number of hydrogen-bond donors (Lipinski definition) is 1. The van der Waals surface area contributed by atoms with Crippen LogP contribution in [-0.4, -0.2) is 52.3 Å². The molecule has 1 N–H and O–H groups in total. The molecule has 1 aliphatic carbocycles. The van der Waals surface area contributed by atoms with Crippen molar-refractivity contribution in [2.45, 2.75) is 30.7 Å².